The second-order valence-electron chi connectivity index (χ2n) is 7.53. The number of nitrogens with zero attached hydrogens (tertiary/aromatic N) is 2. The maximum Gasteiger partial charge on any atom is 0.411 e. The van der Waals surface area contributed by atoms with E-state index in [-0.39, 0.29) is 30.1 Å². The first-order valence-corrected chi connectivity index (χ1v) is 9.87. The summed E-state index contributed by atoms with van der Waals surface area (Å²) in [4.78, 5) is 29.2. The lowest BCUT2D eigenvalue weighted by Gasteiger charge is -2.16. The number of rotatable bonds is 9. The first kappa shape index (κ1) is 23.2. The molecular weight excluding hydrogens is 439 g/mol. The van der Waals surface area contributed by atoms with Crippen molar-refractivity contribution in [2.24, 2.45) is 5.41 Å². The fourth-order valence-electron chi connectivity index (χ4n) is 2.91. The molecule has 168 valence electrons. The molecule has 1 saturated carbocycles. The fourth-order valence-corrected chi connectivity index (χ4v) is 3.04. The van der Waals surface area contributed by atoms with Crippen LogP contribution in [0.4, 0.5) is 13.2 Å². The predicted octanol–water partition coefficient (Wildman–Crippen LogP) is 2.53. The summed E-state index contributed by atoms with van der Waals surface area (Å²) in [6.45, 7) is -2.35. The van der Waals surface area contributed by atoms with Crippen LogP contribution in [0.3, 0.4) is 0 Å². The van der Waals surface area contributed by atoms with E-state index in [0.29, 0.717) is 10.6 Å². The molecule has 1 heterocycles. The zero-order valence-corrected chi connectivity index (χ0v) is 17.2. The van der Waals surface area contributed by atoms with Crippen molar-refractivity contribution in [2.45, 2.75) is 32.2 Å². The lowest BCUT2D eigenvalue weighted by Crippen LogP contribution is -2.38. The Morgan fingerprint density at radius 1 is 1.29 bits per heavy atom. The summed E-state index contributed by atoms with van der Waals surface area (Å²) >= 11 is 5.86. The summed E-state index contributed by atoms with van der Waals surface area (Å²) in [6.07, 6.45) is -2.96. The SMILES string of the molecule is O=C(Cn1c(COCC(F)(F)F)nc(-c2ccc(Cl)cc2)cc1=O)NCC1(CO)CC1. The van der Waals surface area contributed by atoms with Gasteiger partial charge in [-0.15, -0.1) is 0 Å². The van der Waals surface area contributed by atoms with Gasteiger partial charge in [-0.2, -0.15) is 13.2 Å². The van der Waals surface area contributed by atoms with E-state index in [2.05, 4.69) is 15.0 Å². The molecule has 2 N–H and O–H groups in total. The molecule has 0 bridgehead atoms. The van der Waals surface area contributed by atoms with E-state index in [1.165, 1.54) is 6.07 Å². The zero-order chi connectivity index (χ0) is 22.6. The van der Waals surface area contributed by atoms with Crippen LogP contribution in [0, 0.1) is 5.41 Å². The van der Waals surface area contributed by atoms with Crippen LogP contribution in [0.5, 0.6) is 0 Å². The Morgan fingerprint density at radius 2 is 1.97 bits per heavy atom. The van der Waals surface area contributed by atoms with Crippen LogP contribution in [0.2, 0.25) is 5.02 Å². The highest BCUT2D eigenvalue weighted by Gasteiger charge is 2.42. The number of hydrogen-bond acceptors (Lipinski definition) is 5. The molecule has 1 aliphatic rings. The average Bonchev–Trinajstić information content (AvgIpc) is 3.49. The molecule has 11 heteroatoms. The second-order valence-corrected chi connectivity index (χ2v) is 7.97. The lowest BCUT2D eigenvalue weighted by atomic mass is 10.1. The summed E-state index contributed by atoms with van der Waals surface area (Å²) in [5.74, 6) is -0.625. The quantitative estimate of drug-likeness (QED) is 0.601. The Balaban J connectivity index is 1.82. The molecule has 0 radical (unpaired) electrons. The Kier molecular flexibility index (Phi) is 7.03. The average molecular weight is 460 g/mol. The number of ether oxygens (including phenoxy) is 1. The van der Waals surface area contributed by atoms with Crippen LogP contribution < -0.4 is 10.9 Å². The van der Waals surface area contributed by atoms with Gasteiger partial charge in [-0.25, -0.2) is 4.98 Å². The molecule has 7 nitrogen and oxygen atoms in total. The first-order chi connectivity index (χ1) is 14.6. The van der Waals surface area contributed by atoms with Gasteiger partial charge in [-0.1, -0.05) is 23.7 Å². The minimum absolute atomic E-state index is 0.0545. The Labute approximate surface area is 180 Å². The zero-order valence-electron chi connectivity index (χ0n) is 16.4. The molecule has 1 fully saturated rings. The summed E-state index contributed by atoms with van der Waals surface area (Å²) in [5.41, 5.74) is -0.172. The molecule has 0 aliphatic heterocycles. The molecule has 1 aliphatic carbocycles. The van der Waals surface area contributed by atoms with E-state index in [0.717, 1.165) is 17.4 Å². The van der Waals surface area contributed by atoms with Gasteiger partial charge >= 0.3 is 6.18 Å². The van der Waals surface area contributed by atoms with E-state index in [9.17, 15) is 27.9 Å². The number of carbonyl (C=O) groups excluding carboxylic acids is 1. The maximum atomic E-state index is 12.7. The van der Waals surface area contributed by atoms with Crippen molar-refractivity contribution < 1.29 is 27.8 Å². The molecular formula is C20H21ClF3N3O4. The molecule has 0 atom stereocenters. The molecule has 1 aromatic carbocycles. The van der Waals surface area contributed by atoms with Gasteiger partial charge in [-0.3, -0.25) is 14.2 Å². The third-order valence-electron chi connectivity index (χ3n) is 4.98. The highest BCUT2D eigenvalue weighted by molar-refractivity contribution is 6.30. The molecule has 0 spiro atoms. The van der Waals surface area contributed by atoms with E-state index in [1.807, 2.05) is 0 Å². The van der Waals surface area contributed by atoms with E-state index in [4.69, 9.17) is 11.6 Å². The van der Waals surface area contributed by atoms with Crippen LogP contribution in [0.25, 0.3) is 11.3 Å². The van der Waals surface area contributed by atoms with Gasteiger partial charge < -0.3 is 15.2 Å². The maximum absolute atomic E-state index is 12.7. The van der Waals surface area contributed by atoms with Gasteiger partial charge in [0.1, 0.15) is 25.6 Å². The lowest BCUT2D eigenvalue weighted by molar-refractivity contribution is -0.177. The standard InChI is InChI=1S/C20H21ClF3N3O4/c21-14-3-1-13(2-4-14)15-7-18(30)27(16(26-15)9-31-12-20(22,23)24)8-17(29)25-10-19(11-28)5-6-19/h1-4,7,28H,5-6,8-12H2,(H,25,29). The van der Waals surface area contributed by atoms with Gasteiger partial charge in [0.05, 0.1) is 12.3 Å². The van der Waals surface area contributed by atoms with Gasteiger partial charge in [0, 0.05) is 28.6 Å². The van der Waals surface area contributed by atoms with Gasteiger partial charge in [0.2, 0.25) is 5.91 Å². The highest BCUT2D eigenvalue weighted by Crippen LogP contribution is 2.44. The summed E-state index contributed by atoms with van der Waals surface area (Å²) in [7, 11) is 0. The second kappa shape index (κ2) is 9.37. The minimum atomic E-state index is -4.54. The number of carbonyl (C=O) groups is 1. The number of halogens is 4. The van der Waals surface area contributed by atoms with Crippen molar-refractivity contribution in [2.75, 3.05) is 19.8 Å². The number of aliphatic hydroxyl groups excluding tert-OH is 1. The monoisotopic (exact) mass is 459 g/mol. The highest BCUT2D eigenvalue weighted by atomic mass is 35.5. The smallest absolute Gasteiger partial charge is 0.396 e. The van der Waals surface area contributed by atoms with Gasteiger partial charge in [0.15, 0.2) is 0 Å². The normalized spacial score (nSPS) is 15.0. The number of alkyl halides is 3. The molecule has 0 saturated heterocycles. The summed E-state index contributed by atoms with van der Waals surface area (Å²) in [6, 6.07) is 7.61. The third kappa shape index (κ3) is 6.52. The van der Waals surface area contributed by atoms with Crippen molar-refractivity contribution in [3.05, 3.63) is 51.5 Å². The van der Waals surface area contributed by atoms with Crippen LogP contribution in [0.15, 0.2) is 35.1 Å². The summed E-state index contributed by atoms with van der Waals surface area (Å²) < 4.78 is 43.1. The number of aliphatic hydroxyl groups is 1. The van der Waals surface area contributed by atoms with Crippen LogP contribution >= 0.6 is 11.6 Å². The number of amides is 1. The largest absolute Gasteiger partial charge is 0.411 e. The van der Waals surface area contributed by atoms with Crippen molar-refractivity contribution >= 4 is 17.5 Å². The van der Waals surface area contributed by atoms with Crippen LogP contribution in [-0.4, -0.2) is 46.5 Å². The Bertz CT molecular complexity index is 989. The fraction of sp³-hybridized carbons (Fsp3) is 0.450. The van der Waals surface area contributed by atoms with Gasteiger partial charge in [-0.05, 0) is 25.0 Å². The predicted molar refractivity (Wildman–Crippen MR) is 106 cm³/mol. The minimum Gasteiger partial charge on any atom is -0.396 e. The number of aromatic nitrogens is 2. The van der Waals surface area contributed by atoms with Crippen molar-refractivity contribution in [3.8, 4) is 11.3 Å². The van der Waals surface area contributed by atoms with Crippen molar-refractivity contribution in [1.29, 1.82) is 0 Å². The Morgan fingerprint density at radius 3 is 2.55 bits per heavy atom. The van der Waals surface area contributed by atoms with Gasteiger partial charge in [0.25, 0.3) is 5.56 Å². The Hall–Kier alpha value is -2.43. The molecule has 0 unspecified atom stereocenters. The van der Waals surface area contributed by atoms with E-state index < -0.39 is 37.4 Å². The molecule has 2 aromatic rings. The molecule has 1 aromatic heterocycles. The van der Waals surface area contributed by atoms with Crippen molar-refractivity contribution in [1.82, 2.24) is 14.9 Å². The number of hydrogen-bond donors (Lipinski definition) is 2. The van der Waals surface area contributed by atoms with E-state index >= 15 is 0 Å². The topological polar surface area (TPSA) is 93.5 Å². The number of benzene rings is 1. The van der Waals surface area contributed by atoms with Crippen LogP contribution in [0.1, 0.15) is 18.7 Å². The molecule has 31 heavy (non-hydrogen) atoms. The van der Waals surface area contributed by atoms with Crippen LogP contribution in [-0.2, 0) is 22.7 Å². The first-order valence-electron chi connectivity index (χ1n) is 9.50. The third-order valence-corrected chi connectivity index (χ3v) is 5.23. The van der Waals surface area contributed by atoms with Crippen molar-refractivity contribution in [3.63, 3.8) is 0 Å². The number of nitrogens with one attached hydrogen (secondary N) is 1. The van der Waals surface area contributed by atoms with E-state index in [1.54, 1.807) is 24.3 Å². The molecule has 3 rings (SSSR count). The summed E-state index contributed by atoms with van der Waals surface area (Å²) in [5, 5.41) is 12.5. The molecule has 1 amide bonds.